The van der Waals surface area contributed by atoms with Gasteiger partial charge in [0.05, 0.1) is 16.3 Å². The Balaban J connectivity index is 1.75. The lowest BCUT2D eigenvalue weighted by molar-refractivity contribution is -0.384. The Morgan fingerprint density at radius 1 is 0.861 bits per heavy atom. The summed E-state index contributed by atoms with van der Waals surface area (Å²) >= 11 is 5.75. The highest BCUT2D eigenvalue weighted by atomic mass is 32.1. The molecule has 0 radical (unpaired) electrons. The summed E-state index contributed by atoms with van der Waals surface area (Å²) in [6.45, 7) is 12.0. The molecule has 1 aliphatic heterocycles. The van der Waals surface area contributed by atoms with Crippen LogP contribution in [0.2, 0.25) is 0 Å². The maximum Gasteiger partial charge on any atom is 0.274 e. The van der Waals surface area contributed by atoms with Crippen molar-refractivity contribution >= 4 is 45.8 Å². The monoisotopic (exact) mass is 506 g/mol. The summed E-state index contributed by atoms with van der Waals surface area (Å²) in [7, 11) is 0. The van der Waals surface area contributed by atoms with E-state index in [1.165, 1.54) is 12.1 Å². The Kier molecular flexibility index (Phi) is 7.59. The zero-order valence-corrected chi connectivity index (χ0v) is 21.7. The molecule has 3 aromatic carbocycles. The van der Waals surface area contributed by atoms with E-state index in [-0.39, 0.29) is 10.9 Å². The number of rotatable bonds is 8. The second-order valence-electron chi connectivity index (χ2n) is 8.21. The van der Waals surface area contributed by atoms with E-state index in [1.54, 1.807) is 12.1 Å². The number of benzene rings is 3. The van der Waals surface area contributed by atoms with Gasteiger partial charge in [0.1, 0.15) is 5.75 Å². The molecule has 0 fully saturated rings. The summed E-state index contributed by atoms with van der Waals surface area (Å²) in [5.74, 6) is 1.77. The molecule has 1 aliphatic rings. The number of hydrogen-bond acceptors (Lipinski definition) is 7. The summed E-state index contributed by atoms with van der Waals surface area (Å²) in [5, 5.41) is 11.2. The van der Waals surface area contributed by atoms with Gasteiger partial charge in [0.25, 0.3) is 10.9 Å². The van der Waals surface area contributed by atoms with Crippen molar-refractivity contribution in [1.82, 2.24) is 0 Å². The van der Waals surface area contributed by atoms with E-state index >= 15 is 0 Å². The third-order valence-electron chi connectivity index (χ3n) is 6.28. The van der Waals surface area contributed by atoms with Crippen molar-refractivity contribution in [3.8, 4) is 17.2 Å². The van der Waals surface area contributed by atoms with Crippen LogP contribution in [0.15, 0.2) is 60.7 Å². The van der Waals surface area contributed by atoms with Gasteiger partial charge in [-0.15, -0.1) is 0 Å². The van der Waals surface area contributed by atoms with E-state index in [4.69, 9.17) is 21.7 Å². The van der Waals surface area contributed by atoms with Crippen molar-refractivity contribution < 1.29 is 14.4 Å². The second kappa shape index (κ2) is 10.8. The Morgan fingerprint density at radius 2 is 1.33 bits per heavy atom. The lowest BCUT2D eigenvalue weighted by Crippen LogP contribution is -2.31. The van der Waals surface area contributed by atoms with Crippen LogP contribution in [-0.4, -0.2) is 36.3 Å². The quantitative estimate of drug-likeness (QED) is 0.186. The predicted octanol–water partition coefficient (Wildman–Crippen LogP) is 6.89. The molecular formula is C27H30N4O4S. The van der Waals surface area contributed by atoms with Gasteiger partial charge >= 0.3 is 0 Å². The fourth-order valence-electron chi connectivity index (χ4n) is 4.34. The summed E-state index contributed by atoms with van der Waals surface area (Å²) in [4.78, 5) is 16.9. The highest BCUT2D eigenvalue weighted by molar-refractivity contribution is 7.80. The van der Waals surface area contributed by atoms with Gasteiger partial charge in [-0.05, 0) is 76.3 Å². The second-order valence-corrected chi connectivity index (χ2v) is 8.55. The fraction of sp³-hybridized carbons (Fsp3) is 0.296. The standard InChI is InChI=1S/C27H30N4O4S/c1-5-28(6-2)20-11-15-23-25(17-20)35-26-18-21(29(7-3)8-4)12-16-24(26)30(23)27(36)34-22-13-9-19(10-14-22)31(32)33/h9-18H,5-8H2,1-4H3. The number of fused-ring (bicyclic) bond motifs is 2. The largest absolute Gasteiger partial charge is 0.453 e. The number of hydrogen-bond donors (Lipinski definition) is 0. The Hall–Kier alpha value is -3.85. The Morgan fingerprint density at radius 3 is 1.75 bits per heavy atom. The van der Waals surface area contributed by atoms with Crippen molar-refractivity contribution in [2.45, 2.75) is 27.7 Å². The van der Waals surface area contributed by atoms with Crippen LogP contribution >= 0.6 is 12.2 Å². The zero-order chi connectivity index (χ0) is 25.8. The van der Waals surface area contributed by atoms with Gasteiger partial charge in [-0.25, -0.2) is 0 Å². The molecule has 0 saturated heterocycles. The van der Waals surface area contributed by atoms with Gasteiger partial charge in [0.2, 0.25) is 0 Å². The number of non-ortho nitro benzene ring substituents is 1. The molecule has 0 N–H and O–H groups in total. The van der Waals surface area contributed by atoms with Crippen LogP contribution in [0.25, 0.3) is 0 Å². The molecule has 188 valence electrons. The number of nitro groups is 1. The Labute approximate surface area is 216 Å². The maximum atomic E-state index is 11.0. The van der Waals surface area contributed by atoms with E-state index in [0.717, 1.165) is 48.9 Å². The van der Waals surface area contributed by atoms with Crippen LogP contribution < -0.4 is 24.2 Å². The van der Waals surface area contributed by atoms with E-state index in [2.05, 4.69) is 37.5 Å². The first-order valence-corrected chi connectivity index (χ1v) is 12.5. The minimum absolute atomic E-state index is 0.0109. The smallest absolute Gasteiger partial charge is 0.274 e. The van der Waals surface area contributed by atoms with Gasteiger partial charge in [-0.3, -0.25) is 15.0 Å². The summed E-state index contributed by atoms with van der Waals surface area (Å²) in [6.07, 6.45) is 0. The number of anilines is 4. The lowest BCUT2D eigenvalue weighted by Gasteiger charge is -2.34. The zero-order valence-electron chi connectivity index (χ0n) is 20.9. The third kappa shape index (κ3) is 4.92. The molecule has 9 heteroatoms. The van der Waals surface area contributed by atoms with Crippen LogP contribution in [0.5, 0.6) is 17.2 Å². The maximum absolute atomic E-state index is 11.0. The van der Waals surface area contributed by atoms with Crippen LogP contribution in [0.4, 0.5) is 28.4 Å². The van der Waals surface area contributed by atoms with Crippen LogP contribution in [-0.2, 0) is 0 Å². The predicted molar refractivity (Wildman–Crippen MR) is 149 cm³/mol. The normalized spacial score (nSPS) is 11.7. The number of ether oxygens (including phenoxy) is 2. The topological polar surface area (TPSA) is 71.3 Å². The number of thiocarbonyl (C=S) groups is 1. The van der Waals surface area contributed by atoms with Crippen molar-refractivity contribution in [3.63, 3.8) is 0 Å². The average molecular weight is 507 g/mol. The van der Waals surface area contributed by atoms with Gasteiger partial charge in [0.15, 0.2) is 11.5 Å². The molecule has 36 heavy (non-hydrogen) atoms. The molecule has 0 atom stereocenters. The van der Waals surface area contributed by atoms with E-state index in [9.17, 15) is 10.1 Å². The van der Waals surface area contributed by atoms with Crippen molar-refractivity contribution in [2.24, 2.45) is 0 Å². The average Bonchev–Trinajstić information content (AvgIpc) is 2.88. The fourth-order valence-corrected chi connectivity index (χ4v) is 4.63. The third-order valence-corrected chi connectivity index (χ3v) is 6.55. The van der Waals surface area contributed by atoms with Crippen LogP contribution in [0.3, 0.4) is 0 Å². The molecule has 0 aromatic heterocycles. The molecule has 8 nitrogen and oxygen atoms in total. The lowest BCUT2D eigenvalue weighted by atomic mass is 10.1. The van der Waals surface area contributed by atoms with E-state index in [1.807, 2.05) is 41.3 Å². The number of nitrogens with zero attached hydrogens (tertiary/aromatic N) is 4. The van der Waals surface area contributed by atoms with Crippen LogP contribution in [0, 0.1) is 10.1 Å². The van der Waals surface area contributed by atoms with E-state index < -0.39 is 4.92 Å². The van der Waals surface area contributed by atoms with Crippen molar-refractivity contribution in [3.05, 3.63) is 70.8 Å². The van der Waals surface area contributed by atoms with Crippen molar-refractivity contribution in [1.29, 1.82) is 0 Å². The highest BCUT2D eigenvalue weighted by Crippen LogP contribution is 2.49. The molecule has 0 amide bonds. The molecule has 1 heterocycles. The molecule has 0 aliphatic carbocycles. The molecule has 4 rings (SSSR count). The number of nitro benzene ring substituents is 1. The molecule has 0 saturated carbocycles. The SMILES string of the molecule is CCN(CC)c1ccc2c(c1)Oc1cc(N(CC)CC)ccc1N2C(=S)Oc1ccc([N+](=O)[O-])cc1. The van der Waals surface area contributed by atoms with E-state index in [0.29, 0.717) is 17.2 Å². The molecule has 0 spiro atoms. The first-order chi connectivity index (χ1) is 17.4. The van der Waals surface area contributed by atoms with Crippen LogP contribution in [0.1, 0.15) is 27.7 Å². The van der Waals surface area contributed by atoms with Gasteiger partial charge in [0, 0.05) is 61.8 Å². The summed E-state index contributed by atoms with van der Waals surface area (Å²) in [6, 6.07) is 18.0. The minimum atomic E-state index is -0.447. The van der Waals surface area contributed by atoms with Gasteiger partial charge in [-0.2, -0.15) is 0 Å². The Bertz CT molecular complexity index is 1200. The first-order valence-electron chi connectivity index (χ1n) is 12.1. The molecular weight excluding hydrogens is 476 g/mol. The van der Waals surface area contributed by atoms with Crippen molar-refractivity contribution in [2.75, 3.05) is 40.9 Å². The highest BCUT2D eigenvalue weighted by Gasteiger charge is 2.30. The summed E-state index contributed by atoms with van der Waals surface area (Å²) in [5.41, 5.74) is 3.64. The molecule has 3 aromatic rings. The first kappa shape index (κ1) is 25.2. The molecule has 0 bridgehead atoms. The van der Waals surface area contributed by atoms with Gasteiger partial charge < -0.3 is 19.3 Å². The summed E-state index contributed by atoms with van der Waals surface area (Å²) < 4.78 is 12.4. The van der Waals surface area contributed by atoms with Gasteiger partial charge in [-0.1, -0.05) is 0 Å². The molecule has 0 unspecified atom stereocenters. The minimum Gasteiger partial charge on any atom is -0.453 e.